The molecule has 0 bridgehead atoms. The van der Waals surface area contributed by atoms with E-state index in [1.54, 1.807) is 22.9 Å². The molecule has 0 fully saturated rings. The maximum absolute atomic E-state index is 9.28. The third-order valence-electron chi connectivity index (χ3n) is 2.97. The van der Waals surface area contributed by atoms with Crippen LogP contribution in [0, 0.1) is 0 Å². The summed E-state index contributed by atoms with van der Waals surface area (Å²) in [6, 6.07) is 8.97. The molecule has 5 heteroatoms. The van der Waals surface area contributed by atoms with Gasteiger partial charge in [0.25, 0.3) is 0 Å². The summed E-state index contributed by atoms with van der Waals surface area (Å²) >= 11 is 0. The molecule has 1 aromatic carbocycles. The third-order valence-corrected chi connectivity index (χ3v) is 2.97. The monoisotopic (exact) mass is 240 g/mol. The lowest BCUT2D eigenvalue weighted by Gasteiger charge is -2.02. The number of rotatable bonds is 1. The van der Waals surface area contributed by atoms with Crippen molar-refractivity contribution in [1.82, 2.24) is 14.5 Å². The van der Waals surface area contributed by atoms with E-state index in [0.717, 1.165) is 16.6 Å². The fourth-order valence-electron chi connectivity index (χ4n) is 1.90. The van der Waals surface area contributed by atoms with Gasteiger partial charge in [-0.25, -0.2) is 4.98 Å². The average molecular weight is 240 g/mol. The predicted octanol–water partition coefficient (Wildman–Crippen LogP) is 1.92. The molecule has 0 unspecified atom stereocenters. The second-order valence-corrected chi connectivity index (χ2v) is 4.14. The lowest BCUT2D eigenvalue weighted by Crippen LogP contribution is -1.96. The quantitative estimate of drug-likeness (QED) is 0.681. The molecule has 0 aliphatic heterocycles. The van der Waals surface area contributed by atoms with Gasteiger partial charge in [-0.1, -0.05) is 12.1 Å². The van der Waals surface area contributed by atoms with E-state index >= 15 is 0 Å². The molecule has 2 aromatic heterocycles. The molecule has 90 valence electrons. The number of aromatic nitrogens is 3. The molecule has 5 nitrogen and oxygen atoms in total. The highest BCUT2D eigenvalue weighted by molar-refractivity contribution is 5.80. The highest BCUT2D eigenvalue weighted by Crippen LogP contribution is 2.24. The summed E-state index contributed by atoms with van der Waals surface area (Å²) in [5, 5.41) is 9.28. The molecule has 0 aliphatic rings. The van der Waals surface area contributed by atoms with Crippen molar-refractivity contribution in [2.45, 2.75) is 0 Å². The number of hydrogen-bond acceptors (Lipinski definition) is 4. The number of nitrogen functional groups attached to an aromatic ring is 1. The highest BCUT2D eigenvalue weighted by Gasteiger charge is 2.07. The van der Waals surface area contributed by atoms with Crippen molar-refractivity contribution < 1.29 is 5.11 Å². The lowest BCUT2D eigenvalue weighted by atomic mass is 10.1. The van der Waals surface area contributed by atoms with Crippen molar-refractivity contribution in [3.63, 3.8) is 0 Å². The number of fused-ring (bicyclic) bond motifs is 1. The minimum absolute atomic E-state index is 0.248. The van der Waals surface area contributed by atoms with Crippen LogP contribution in [0.3, 0.4) is 0 Å². The van der Waals surface area contributed by atoms with E-state index in [4.69, 9.17) is 5.73 Å². The number of aromatic hydroxyl groups is 1. The zero-order valence-corrected chi connectivity index (χ0v) is 9.83. The van der Waals surface area contributed by atoms with E-state index in [1.807, 2.05) is 25.2 Å². The first kappa shape index (κ1) is 10.6. The van der Waals surface area contributed by atoms with Gasteiger partial charge in [0.15, 0.2) is 5.65 Å². The van der Waals surface area contributed by atoms with Gasteiger partial charge in [0.2, 0.25) is 5.95 Å². The van der Waals surface area contributed by atoms with Crippen LogP contribution in [0.1, 0.15) is 0 Å². The normalized spacial score (nSPS) is 10.9. The number of anilines is 1. The third kappa shape index (κ3) is 1.57. The van der Waals surface area contributed by atoms with E-state index in [2.05, 4.69) is 9.97 Å². The molecular weight excluding hydrogens is 228 g/mol. The van der Waals surface area contributed by atoms with Crippen molar-refractivity contribution in [3.05, 3.63) is 36.5 Å². The zero-order chi connectivity index (χ0) is 12.7. The van der Waals surface area contributed by atoms with Crippen LogP contribution >= 0.6 is 0 Å². The van der Waals surface area contributed by atoms with Gasteiger partial charge < -0.3 is 15.4 Å². The Bertz CT molecular complexity index is 716. The Hall–Kier alpha value is -2.56. The maximum Gasteiger partial charge on any atom is 0.202 e. The van der Waals surface area contributed by atoms with Crippen molar-refractivity contribution in [2.24, 2.45) is 7.05 Å². The van der Waals surface area contributed by atoms with E-state index in [9.17, 15) is 5.11 Å². The number of nitrogens with zero attached hydrogens (tertiary/aromatic N) is 3. The van der Waals surface area contributed by atoms with Crippen LogP contribution in [-0.4, -0.2) is 19.6 Å². The second-order valence-electron chi connectivity index (χ2n) is 4.14. The Morgan fingerprint density at radius 3 is 2.61 bits per heavy atom. The van der Waals surface area contributed by atoms with Gasteiger partial charge in [0.05, 0.1) is 5.52 Å². The van der Waals surface area contributed by atoms with Crippen molar-refractivity contribution in [2.75, 3.05) is 5.73 Å². The standard InChI is InChI=1S/C13H12N4O/c1-17-11-6-9(7-15-12(11)16-13(17)14)8-2-4-10(18)5-3-8/h2-7,18H,1H3,(H2,14,15,16). The Morgan fingerprint density at radius 1 is 1.17 bits per heavy atom. The van der Waals surface area contributed by atoms with Crippen LogP contribution in [0.4, 0.5) is 5.95 Å². The van der Waals surface area contributed by atoms with Crippen molar-refractivity contribution >= 4 is 17.1 Å². The minimum Gasteiger partial charge on any atom is -0.508 e. The molecule has 0 aliphatic carbocycles. The van der Waals surface area contributed by atoms with Crippen LogP contribution in [-0.2, 0) is 7.05 Å². The van der Waals surface area contributed by atoms with Crippen molar-refractivity contribution in [1.29, 1.82) is 0 Å². The van der Waals surface area contributed by atoms with Gasteiger partial charge in [-0.2, -0.15) is 4.98 Å². The molecule has 18 heavy (non-hydrogen) atoms. The molecule has 0 atom stereocenters. The molecule has 3 aromatic rings. The van der Waals surface area contributed by atoms with Gasteiger partial charge in [-0.3, -0.25) is 0 Å². The smallest absolute Gasteiger partial charge is 0.202 e. The zero-order valence-electron chi connectivity index (χ0n) is 9.83. The maximum atomic E-state index is 9.28. The second kappa shape index (κ2) is 3.73. The Kier molecular flexibility index (Phi) is 2.19. The van der Waals surface area contributed by atoms with Gasteiger partial charge in [0.1, 0.15) is 5.75 Å². The summed E-state index contributed by atoms with van der Waals surface area (Å²) in [6.45, 7) is 0. The molecule has 3 N–H and O–H groups in total. The van der Waals surface area contributed by atoms with Gasteiger partial charge in [-0.15, -0.1) is 0 Å². The fourth-order valence-corrected chi connectivity index (χ4v) is 1.90. The van der Waals surface area contributed by atoms with E-state index in [-0.39, 0.29) is 5.75 Å². The minimum atomic E-state index is 0.248. The summed E-state index contributed by atoms with van der Waals surface area (Å²) in [4.78, 5) is 8.44. The van der Waals surface area contributed by atoms with E-state index in [0.29, 0.717) is 11.6 Å². The molecule has 0 saturated carbocycles. The first-order valence-electron chi connectivity index (χ1n) is 5.52. The van der Waals surface area contributed by atoms with Gasteiger partial charge >= 0.3 is 0 Å². The van der Waals surface area contributed by atoms with Crippen LogP contribution < -0.4 is 5.73 Å². The lowest BCUT2D eigenvalue weighted by molar-refractivity contribution is 0.475. The Morgan fingerprint density at radius 2 is 1.89 bits per heavy atom. The Balaban J connectivity index is 2.18. The number of benzene rings is 1. The predicted molar refractivity (Wildman–Crippen MR) is 70.0 cm³/mol. The molecule has 0 spiro atoms. The number of aryl methyl sites for hydroxylation is 1. The van der Waals surface area contributed by atoms with E-state index in [1.165, 1.54) is 0 Å². The fraction of sp³-hybridized carbons (Fsp3) is 0.0769. The summed E-state index contributed by atoms with van der Waals surface area (Å²) in [6.07, 6.45) is 1.75. The molecular formula is C13H12N4O. The summed E-state index contributed by atoms with van der Waals surface area (Å²) < 4.78 is 1.80. The number of phenolic OH excluding ortho intramolecular Hbond substituents is 1. The van der Waals surface area contributed by atoms with Gasteiger partial charge in [0, 0.05) is 18.8 Å². The van der Waals surface area contributed by atoms with Crippen LogP contribution in [0.15, 0.2) is 36.5 Å². The first-order valence-corrected chi connectivity index (χ1v) is 5.52. The first-order chi connectivity index (χ1) is 8.65. The van der Waals surface area contributed by atoms with Crippen LogP contribution in [0.5, 0.6) is 5.75 Å². The van der Waals surface area contributed by atoms with Crippen LogP contribution in [0.25, 0.3) is 22.3 Å². The number of pyridine rings is 1. The largest absolute Gasteiger partial charge is 0.508 e. The number of phenols is 1. The molecule has 0 radical (unpaired) electrons. The molecule has 0 amide bonds. The average Bonchev–Trinajstić information content (AvgIpc) is 2.66. The SMILES string of the molecule is Cn1c(N)nc2ncc(-c3ccc(O)cc3)cc21. The summed E-state index contributed by atoms with van der Waals surface area (Å²) in [7, 11) is 1.85. The van der Waals surface area contributed by atoms with Gasteiger partial charge in [-0.05, 0) is 23.8 Å². The number of nitrogens with two attached hydrogens (primary N) is 1. The van der Waals surface area contributed by atoms with Crippen molar-refractivity contribution in [3.8, 4) is 16.9 Å². The highest BCUT2D eigenvalue weighted by atomic mass is 16.3. The van der Waals surface area contributed by atoms with Crippen LogP contribution in [0.2, 0.25) is 0 Å². The molecule has 0 saturated heterocycles. The molecule has 2 heterocycles. The molecule has 3 rings (SSSR count). The number of hydrogen-bond donors (Lipinski definition) is 2. The summed E-state index contributed by atoms with van der Waals surface area (Å²) in [5.74, 6) is 0.693. The van der Waals surface area contributed by atoms with E-state index < -0.39 is 0 Å². The number of imidazole rings is 1. The topological polar surface area (TPSA) is 77.0 Å². The summed E-state index contributed by atoms with van der Waals surface area (Å²) in [5.41, 5.74) is 9.22. The Labute approximate surface area is 104 Å².